The molecule has 0 rings (SSSR count). The highest BCUT2D eigenvalue weighted by atomic mass is 16.5. The monoisotopic (exact) mass is 142 g/mol. The van der Waals surface area contributed by atoms with Crippen LogP contribution in [-0.4, -0.2) is 16.2 Å². The average Bonchev–Trinajstić information content (AvgIpc) is 1.93. The summed E-state index contributed by atoms with van der Waals surface area (Å²) >= 11 is 0. The molecule has 0 fully saturated rings. The zero-order valence-electron chi connectivity index (χ0n) is 6.91. The van der Waals surface area contributed by atoms with Crippen LogP contribution in [0.2, 0.25) is 0 Å². The molecule has 0 aliphatic rings. The van der Waals surface area contributed by atoms with Crippen molar-refractivity contribution in [3.8, 4) is 0 Å². The molecule has 0 bridgehead atoms. The number of rotatable bonds is 2. The lowest BCUT2D eigenvalue weighted by Crippen LogP contribution is -1.94. The predicted octanol–water partition coefficient (Wildman–Crippen LogP) is 2.20. The standard InChI is InChI=1S/C6H10NO.C2H6/c1-3-5-7(8)6-4-2;1-2/h3-6,8H,1H2,2H3;1-2H3/q+1;/b6-4-,7-5+;. The summed E-state index contributed by atoms with van der Waals surface area (Å²) in [5, 5.41) is 8.67. The van der Waals surface area contributed by atoms with Gasteiger partial charge in [0.05, 0.1) is 0 Å². The number of allylic oxidation sites excluding steroid dienone is 2. The summed E-state index contributed by atoms with van der Waals surface area (Å²) in [5.41, 5.74) is 0. The molecule has 0 atom stereocenters. The van der Waals surface area contributed by atoms with E-state index >= 15 is 0 Å². The van der Waals surface area contributed by atoms with E-state index in [2.05, 4.69) is 6.58 Å². The number of hydrogen-bond donors (Lipinski definition) is 1. The largest absolute Gasteiger partial charge is 0.285 e. The summed E-state index contributed by atoms with van der Waals surface area (Å²) in [4.78, 5) is 0. The molecule has 0 aromatic rings. The second kappa shape index (κ2) is 10.8. The number of hydroxylamine groups is 1. The van der Waals surface area contributed by atoms with E-state index in [1.165, 1.54) is 18.5 Å². The minimum Gasteiger partial charge on any atom is -0.285 e. The van der Waals surface area contributed by atoms with Crippen LogP contribution in [0.3, 0.4) is 0 Å². The third kappa shape index (κ3) is 10.0. The average molecular weight is 142 g/mol. The van der Waals surface area contributed by atoms with Gasteiger partial charge >= 0.3 is 0 Å². The molecule has 0 aromatic carbocycles. The topological polar surface area (TPSA) is 23.2 Å². The molecule has 0 heterocycles. The van der Waals surface area contributed by atoms with Crippen LogP contribution < -0.4 is 0 Å². The molecule has 0 radical (unpaired) electrons. The molecule has 10 heavy (non-hydrogen) atoms. The molecule has 0 saturated heterocycles. The molecule has 58 valence electrons. The summed E-state index contributed by atoms with van der Waals surface area (Å²) < 4.78 is 0.938. The Labute approximate surface area is 62.8 Å². The maximum atomic E-state index is 8.67. The van der Waals surface area contributed by atoms with Crippen LogP contribution in [-0.2, 0) is 0 Å². The smallest absolute Gasteiger partial charge is 0.221 e. The fourth-order valence-corrected chi connectivity index (χ4v) is 0.310. The van der Waals surface area contributed by atoms with Gasteiger partial charge < -0.3 is 0 Å². The Morgan fingerprint density at radius 1 is 1.40 bits per heavy atom. The van der Waals surface area contributed by atoms with Gasteiger partial charge in [-0.1, -0.05) is 20.4 Å². The summed E-state index contributed by atoms with van der Waals surface area (Å²) in [5.74, 6) is 0. The lowest BCUT2D eigenvalue weighted by atomic mass is 10.6. The van der Waals surface area contributed by atoms with Crippen molar-refractivity contribution in [2.24, 2.45) is 0 Å². The molecular weight excluding hydrogens is 126 g/mol. The maximum absolute atomic E-state index is 8.67. The van der Waals surface area contributed by atoms with E-state index in [0.29, 0.717) is 0 Å². The van der Waals surface area contributed by atoms with Crippen molar-refractivity contribution in [1.29, 1.82) is 0 Å². The molecule has 0 aromatic heterocycles. The highest BCUT2D eigenvalue weighted by Crippen LogP contribution is 1.68. The van der Waals surface area contributed by atoms with Gasteiger partial charge in [-0.2, -0.15) is 0 Å². The van der Waals surface area contributed by atoms with Crippen LogP contribution in [0.15, 0.2) is 24.9 Å². The van der Waals surface area contributed by atoms with E-state index in [0.717, 1.165) is 4.74 Å². The van der Waals surface area contributed by atoms with E-state index in [1.807, 2.05) is 20.8 Å². The van der Waals surface area contributed by atoms with Crippen LogP contribution in [0.25, 0.3) is 0 Å². The summed E-state index contributed by atoms with van der Waals surface area (Å²) in [7, 11) is 0. The summed E-state index contributed by atoms with van der Waals surface area (Å²) in [6.07, 6.45) is 6.18. The van der Waals surface area contributed by atoms with Gasteiger partial charge in [0.25, 0.3) is 0 Å². The van der Waals surface area contributed by atoms with E-state index in [1.54, 1.807) is 6.08 Å². The Morgan fingerprint density at radius 3 is 2.20 bits per heavy atom. The maximum Gasteiger partial charge on any atom is 0.221 e. The van der Waals surface area contributed by atoms with Gasteiger partial charge in [-0.25, -0.2) is 0 Å². The Morgan fingerprint density at radius 2 is 1.90 bits per heavy atom. The first-order chi connectivity index (χ1) is 4.81. The minimum absolute atomic E-state index is 0.938. The molecule has 0 unspecified atom stereocenters. The quantitative estimate of drug-likeness (QED) is 0.272. The van der Waals surface area contributed by atoms with Crippen LogP contribution in [0.1, 0.15) is 20.8 Å². The molecular formula is C8H16NO+. The van der Waals surface area contributed by atoms with E-state index < -0.39 is 0 Å². The Kier molecular flexibility index (Phi) is 12.7. The van der Waals surface area contributed by atoms with Crippen molar-refractivity contribution in [3.63, 3.8) is 0 Å². The predicted molar refractivity (Wildman–Crippen MR) is 44.5 cm³/mol. The molecule has 0 aliphatic carbocycles. The normalized spacial score (nSPS) is 10.5. The highest BCUT2D eigenvalue weighted by molar-refractivity contribution is 5.64. The van der Waals surface area contributed by atoms with Gasteiger partial charge in [0.1, 0.15) is 0 Å². The first-order valence-electron chi connectivity index (χ1n) is 3.37. The lowest BCUT2D eigenvalue weighted by molar-refractivity contribution is -0.721. The molecule has 0 amide bonds. The van der Waals surface area contributed by atoms with Crippen LogP contribution in [0, 0.1) is 0 Å². The molecule has 1 N–H and O–H groups in total. The van der Waals surface area contributed by atoms with Crippen molar-refractivity contribution in [3.05, 3.63) is 24.9 Å². The summed E-state index contributed by atoms with van der Waals surface area (Å²) in [6.45, 7) is 9.21. The fraction of sp³-hybridized carbons (Fsp3) is 0.375. The third-order valence-corrected chi connectivity index (χ3v) is 0.560. The minimum atomic E-state index is 0.938. The Hall–Kier alpha value is -1.05. The first-order valence-corrected chi connectivity index (χ1v) is 3.37. The van der Waals surface area contributed by atoms with Gasteiger partial charge in [0.2, 0.25) is 12.4 Å². The van der Waals surface area contributed by atoms with Gasteiger partial charge in [-0.15, -0.1) is 0 Å². The van der Waals surface area contributed by atoms with E-state index in [9.17, 15) is 0 Å². The van der Waals surface area contributed by atoms with Gasteiger partial charge in [-0.3, -0.25) is 5.21 Å². The van der Waals surface area contributed by atoms with Crippen LogP contribution >= 0.6 is 0 Å². The van der Waals surface area contributed by atoms with Crippen LogP contribution in [0.4, 0.5) is 0 Å². The molecule has 2 nitrogen and oxygen atoms in total. The molecule has 0 saturated carbocycles. The van der Waals surface area contributed by atoms with Crippen molar-refractivity contribution < 1.29 is 9.95 Å². The second-order valence-electron chi connectivity index (χ2n) is 1.25. The van der Waals surface area contributed by atoms with Crippen LogP contribution in [0.5, 0.6) is 0 Å². The van der Waals surface area contributed by atoms with Crippen molar-refractivity contribution in [2.75, 3.05) is 0 Å². The Balaban J connectivity index is 0. The molecule has 0 aliphatic heterocycles. The van der Waals surface area contributed by atoms with Crippen molar-refractivity contribution in [2.45, 2.75) is 20.8 Å². The molecule has 0 spiro atoms. The van der Waals surface area contributed by atoms with Gasteiger partial charge in [0, 0.05) is 4.74 Å². The second-order valence-corrected chi connectivity index (χ2v) is 1.25. The zero-order chi connectivity index (χ0) is 8.41. The Bertz CT molecular complexity index is 125. The van der Waals surface area contributed by atoms with Crippen molar-refractivity contribution >= 4 is 6.21 Å². The van der Waals surface area contributed by atoms with Gasteiger partial charge in [-0.05, 0) is 19.1 Å². The molecule has 2 heteroatoms. The van der Waals surface area contributed by atoms with Gasteiger partial charge in [0.15, 0.2) is 0 Å². The number of nitrogens with zero attached hydrogens (tertiary/aromatic N) is 1. The van der Waals surface area contributed by atoms with E-state index in [4.69, 9.17) is 5.21 Å². The zero-order valence-corrected chi connectivity index (χ0v) is 6.91. The highest BCUT2D eigenvalue weighted by Gasteiger charge is 1.82. The van der Waals surface area contributed by atoms with E-state index in [-0.39, 0.29) is 0 Å². The SMILES string of the molecule is C=C/C=[N+](O)\C=C/C.CC. The number of hydrogen-bond acceptors (Lipinski definition) is 1. The first kappa shape index (κ1) is 11.7. The van der Waals surface area contributed by atoms with Crippen molar-refractivity contribution in [1.82, 2.24) is 0 Å². The lowest BCUT2D eigenvalue weighted by Gasteiger charge is -1.74. The third-order valence-electron chi connectivity index (χ3n) is 0.560. The summed E-state index contributed by atoms with van der Waals surface area (Å²) in [6, 6.07) is 0. The fourth-order valence-electron chi connectivity index (χ4n) is 0.310.